The van der Waals surface area contributed by atoms with Gasteiger partial charge in [-0.1, -0.05) is 24.3 Å². The van der Waals surface area contributed by atoms with Crippen molar-refractivity contribution < 1.29 is 0 Å². The summed E-state index contributed by atoms with van der Waals surface area (Å²) in [6, 6.07) is 9.74. The minimum atomic E-state index is 0.678. The summed E-state index contributed by atoms with van der Waals surface area (Å²) < 4.78 is 0. The number of thioether (sulfide) groups is 1. The summed E-state index contributed by atoms with van der Waals surface area (Å²) in [7, 11) is 0. The fourth-order valence-electron chi connectivity index (χ4n) is 3.56. The number of rotatable bonds is 0. The van der Waals surface area contributed by atoms with E-state index in [2.05, 4.69) is 40.9 Å². The zero-order valence-corrected chi connectivity index (χ0v) is 10.8. The number of hydrogen-bond acceptors (Lipinski definition) is 2. The van der Waals surface area contributed by atoms with E-state index in [1.54, 1.807) is 22.4 Å². The van der Waals surface area contributed by atoms with Gasteiger partial charge in [0.15, 0.2) is 0 Å². The first-order chi connectivity index (χ1) is 8.43. The third kappa shape index (κ3) is 1.46. The standard InChI is InChI=1S/C15H17NS/c1-2-4-13-11(3-1)7-8-16-14(13)6-5-12-9-17-10-15(12)16/h1-4,14H,5-10H2/t14-/m1/s1. The molecular formula is C15H17NS. The van der Waals surface area contributed by atoms with Crippen molar-refractivity contribution in [3.63, 3.8) is 0 Å². The van der Waals surface area contributed by atoms with E-state index in [0.29, 0.717) is 6.04 Å². The van der Waals surface area contributed by atoms with Crippen molar-refractivity contribution in [2.24, 2.45) is 0 Å². The Morgan fingerprint density at radius 1 is 1.12 bits per heavy atom. The van der Waals surface area contributed by atoms with Crippen molar-refractivity contribution in [1.29, 1.82) is 0 Å². The maximum absolute atomic E-state index is 2.71. The topological polar surface area (TPSA) is 3.24 Å². The maximum atomic E-state index is 2.71. The Balaban J connectivity index is 1.78. The largest absolute Gasteiger partial charge is 0.367 e. The molecule has 1 atom stereocenters. The minimum Gasteiger partial charge on any atom is -0.367 e. The van der Waals surface area contributed by atoms with Gasteiger partial charge in [0.2, 0.25) is 0 Å². The van der Waals surface area contributed by atoms with E-state index in [9.17, 15) is 0 Å². The van der Waals surface area contributed by atoms with Crippen LogP contribution in [0.2, 0.25) is 0 Å². The Kier molecular flexibility index (Phi) is 2.26. The van der Waals surface area contributed by atoms with Crippen molar-refractivity contribution in [2.75, 3.05) is 18.1 Å². The molecule has 1 aromatic rings. The molecule has 4 rings (SSSR count). The zero-order chi connectivity index (χ0) is 11.2. The Morgan fingerprint density at radius 2 is 2.06 bits per heavy atom. The predicted octanol–water partition coefficient (Wildman–Crippen LogP) is 3.38. The summed E-state index contributed by atoms with van der Waals surface area (Å²) in [6.07, 6.45) is 3.89. The van der Waals surface area contributed by atoms with Crippen molar-refractivity contribution in [3.8, 4) is 0 Å². The quantitative estimate of drug-likeness (QED) is 0.687. The van der Waals surface area contributed by atoms with Crippen LogP contribution < -0.4 is 0 Å². The molecule has 2 heteroatoms. The molecule has 0 saturated carbocycles. The summed E-state index contributed by atoms with van der Waals surface area (Å²) in [5.74, 6) is 2.55. The Labute approximate surface area is 107 Å². The molecule has 88 valence electrons. The third-order valence-corrected chi connectivity index (χ3v) is 5.43. The van der Waals surface area contributed by atoms with Gasteiger partial charge < -0.3 is 4.90 Å². The molecule has 0 unspecified atom stereocenters. The van der Waals surface area contributed by atoms with Gasteiger partial charge in [-0.3, -0.25) is 0 Å². The zero-order valence-electron chi connectivity index (χ0n) is 9.98. The Hall–Kier alpha value is -0.890. The Bertz CT molecular complexity index is 491. The predicted molar refractivity (Wildman–Crippen MR) is 73.2 cm³/mol. The van der Waals surface area contributed by atoms with Crippen molar-refractivity contribution in [1.82, 2.24) is 4.90 Å². The van der Waals surface area contributed by atoms with E-state index < -0.39 is 0 Å². The molecule has 0 radical (unpaired) electrons. The summed E-state index contributed by atoms with van der Waals surface area (Å²) in [5.41, 5.74) is 6.61. The molecule has 1 aromatic carbocycles. The molecule has 3 heterocycles. The van der Waals surface area contributed by atoms with Crippen LogP contribution in [0.1, 0.15) is 30.0 Å². The van der Waals surface area contributed by atoms with Gasteiger partial charge in [-0.05, 0) is 36.0 Å². The van der Waals surface area contributed by atoms with Gasteiger partial charge in [0.25, 0.3) is 0 Å². The summed E-state index contributed by atoms with van der Waals surface area (Å²) in [4.78, 5) is 2.71. The van der Waals surface area contributed by atoms with E-state index in [-0.39, 0.29) is 0 Å². The second-order valence-electron chi connectivity index (χ2n) is 5.24. The van der Waals surface area contributed by atoms with E-state index in [0.717, 1.165) is 0 Å². The molecule has 0 amide bonds. The smallest absolute Gasteiger partial charge is 0.0545 e. The second-order valence-corrected chi connectivity index (χ2v) is 6.23. The monoisotopic (exact) mass is 243 g/mol. The third-order valence-electron chi connectivity index (χ3n) is 4.40. The van der Waals surface area contributed by atoms with Gasteiger partial charge >= 0.3 is 0 Å². The lowest BCUT2D eigenvalue weighted by Crippen LogP contribution is -2.37. The first-order valence-corrected chi connectivity index (χ1v) is 7.72. The van der Waals surface area contributed by atoms with Crippen LogP contribution >= 0.6 is 11.8 Å². The van der Waals surface area contributed by atoms with Crippen LogP contribution in [0.5, 0.6) is 0 Å². The van der Waals surface area contributed by atoms with Gasteiger partial charge in [-0.2, -0.15) is 11.8 Å². The fraction of sp³-hybridized carbons (Fsp3) is 0.467. The van der Waals surface area contributed by atoms with Gasteiger partial charge in [-0.25, -0.2) is 0 Å². The first kappa shape index (κ1) is 10.1. The number of benzene rings is 1. The van der Waals surface area contributed by atoms with Crippen LogP contribution in [0.25, 0.3) is 0 Å². The van der Waals surface area contributed by atoms with Crippen LogP contribution in [0.4, 0.5) is 0 Å². The molecule has 0 bridgehead atoms. The van der Waals surface area contributed by atoms with Crippen LogP contribution in [-0.4, -0.2) is 23.0 Å². The van der Waals surface area contributed by atoms with Gasteiger partial charge in [0, 0.05) is 23.7 Å². The highest BCUT2D eigenvalue weighted by Gasteiger charge is 2.34. The highest BCUT2D eigenvalue weighted by atomic mass is 32.2. The van der Waals surface area contributed by atoms with Gasteiger partial charge in [0.1, 0.15) is 0 Å². The fourth-order valence-corrected chi connectivity index (χ4v) is 4.78. The summed E-state index contributed by atoms with van der Waals surface area (Å²) >= 11 is 2.10. The maximum Gasteiger partial charge on any atom is 0.0545 e. The van der Waals surface area contributed by atoms with E-state index in [1.165, 1.54) is 37.3 Å². The second kappa shape index (κ2) is 3.81. The van der Waals surface area contributed by atoms with Gasteiger partial charge in [-0.15, -0.1) is 0 Å². The lowest BCUT2D eigenvalue weighted by Gasteiger charge is -2.43. The van der Waals surface area contributed by atoms with Crippen LogP contribution in [-0.2, 0) is 6.42 Å². The summed E-state index contributed by atoms with van der Waals surface area (Å²) in [5, 5.41) is 0. The average Bonchev–Trinajstić information content (AvgIpc) is 2.86. The molecule has 0 aromatic heterocycles. The number of hydrogen-bond donors (Lipinski definition) is 0. The number of nitrogens with zero attached hydrogens (tertiary/aromatic N) is 1. The molecule has 3 aliphatic heterocycles. The van der Waals surface area contributed by atoms with Crippen molar-refractivity contribution >= 4 is 11.8 Å². The molecular weight excluding hydrogens is 226 g/mol. The van der Waals surface area contributed by atoms with E-state index >= 15 is 0 Å². The molecule has 0 saturated heterocycles. The minimum absolute atomic E-state index is 0.678. The normalized spacial score (nSPS) is 26.6. The molecule has 1 nitrogen and oxygen atoms in total. The average molecular weight is 243 g/mol. The summed E-state index contributed by atoms with van der Waals surface area (Å²) in [6.45, 7) is 1.24. The molecule has 17 heavy (non-hydrogen) atoms. The molecule has 0 spiro atoms. The molecule has 0 aliphatic carbocycles. The van der Waals surface area contributed by atoms with Gasteiger partial charge in [0.05, 0.1) is 6.04 Å². The Morgan fingerprint density at radius 3 is 3.06 bits per heavy atom. The van der Waals surface area contributed by atoms with E-state index in [1.807, 2.05) is 0 Å². The van der Waals surface area contributed by atoms with E-state index in [4.69, 9.17) is 0 Å². The SMILES string of the molecule is c1ccc2c(c1)CCN1C3=C(CC[C@H]21)CSC3. The van der Waals surface area contributed by atoms with Crippen LogP contribution in [0.15, 0.2) is 35.5 Å². The lowest BCUT2D eigenvalue weighted by atomic mass is 9.85. The molecule has 0 fully saturated rings. The van der Waals surface area contributed by atoms with Crippen LogP contribution in [0.3, 0.4) is 0 Å². The highest BCUT2D eigenvalue weighted by molar-refractivity contribution is 7.99. The number of fused-ring (bicyclic) bond motifs is 4. The molecule has 0 N–H and O–H groups in total. The van der Waals surface area contributed by atoms with Crippen LogP contribution in [0, 0.1) is 0 Å². The molecule has 3 aliphatic rings. The van der Waals surface area contributed by atoms with Crippen molar-refractivity contribution in [3.05, 3.63) is 46.7 Å². The van der Waals surface area contributed by atoms with Crippen molar-refractivity contribution in [2.45, 2.75) is 25.3 Å². The highest BCUT2D eigenvalue weighted by Crippen LogP contribution is 2.44. The first-order valence-electron chi connectivity index (χ1n) is 6.56. The lowest BCUT2D eigenvalue weighted by molar-refractivity contribution is 0.213.